The third-order valence-corrected chi connectivity index (χ3v) is 5.49. The first-order chi connectivity index (χ1) is 12.3. The second kappa shape index (κ2) is 9.59. The molecule has 0 aromatic heterocycles. The van der Waals surface area contributed by atoms with Crippen molar-refractivity contribution in [2.75, 3.05) is 18.2 Å². The van der Waals surface area contributed by atoms with Gasteiger partial charge in [-0.05, 0) is 55.8 Å². The van der Waals surface area contributed by atoms with E-state index in [0.717, 1.165) is 0 Å². The molecule has 0 bridgehead atoms. The smallest absolute Gasteiger partial charge is 0.255 e. The fraction of sp³-hybridized carbons (Fsp3) is 0.278. The summed E-state index contributed by atoms with van der Waals surface area (Å²) in [5, 5.41) is 2.71. The Hall–Kier alpha value is -2.29. The Bertz CT molecular complexity index is 886. The predicted molar refractivity (Wildman–Crippen MR) is 109 cm³/mol. The van der Waals surface area contributed by atoms with E-state index in [0.29, 0.717) is 29.1 Å². The number of ether oxygens (including phenoxy) is 1. The molecule has 148 valence electrons. The van der Waals surface area contributed by atoms with Crippen LogP contribution in [0.2, 0.25) is 0 Å². The van der Waals surface area contributed by atoms with E-state index in [1.165, 1.54) is 31.4 Å². The van der Waals surface area contributed by atoms with Gasteiger partial charge in [-0.1, -0.05) is 6.92 Å². The van der Waals surface area contributed by atoms with Crippen molar-refractivity contribution in [2.24, 2.45) is 0 Å². The van der Waals surface area contributed by atoms with E-state index in [9.17, 15) is 13.2 Å². The van der Waals surface area contributed by atoms with Gasteiger partial charge in [0.05, 0.1) is 17.7 Å². The van der Waals surface area contributed by atoms with Gasteiger partial charge in [-0.15, -0.1) is 12.4 Å². The molecule has 0 aliphatic heterocycles. The predicted octanol–water partition coefficient (Wildman–Crippen LogP) is 3.03. The molecular weight excluding hydrogens is 390 g/mol. The topological polar surface area (TPSA) is 111 Å². The summed E-state index contributed by atoms with van der Waals surface area (Å²) in [6, 6.07) is 10.5. The third-order valence-electron chi connectivity index (χ3n) is 3.88. The molecule has 1 atom stereocenters. The molecule has 0 heterocycles. The van der Waals surface area contributed by atoms with Crippen molar-refractivity contribution in [2.45, 2.75) is 31.2 Å². The molecule has 4 N–H and O–H groups in total. The summed E-state index contributed by atoms with van der Waals surface area (Å²) in [4.78, 5) is 12.4. The van der Waals surface area contributed by atoms with Crippen molar-refractivity contribution >= 4 is 39.7 Å². The van der Waals surface area contributed by atoms with Crippen LogP contribution in [0.4, 0.5) is 11.4 Å². The number of nitrogens with one attached hydrogen (secondary N) is 2. The van der Waals surface area contributed by atoms with Crippen LogP contribution >= 0.6 is 12.4 Å². The lowest BCUT2D eigenvalue weighted by atomic mass is 10.2. The number of benzene rings is 2. The number of nitrogens with two attached hydrogens (primary N) is 1. The number of nitrogen functional groups attached to an aromatic ring is 1. The Morgan fingerprint density at radius 3 is 2.33 bits per heavy atom. The lowest BCUT2D eigenvalue weighted by molar-refractivity contribution is 0.102. The first-order valence-electron chi connectivity index (χ1n) is 8.14. The fourth-order valence-electron chi connectivity index (χ4n) is 2.22. The maximum Gasteiger partial charge on any atom is 0.255 e. The summed E-state index contributed by atoms with van der Waals surface area (Å²) in [6.45, 7) is 3.69. The highest BCUT2D eigenvalue weighted by atomic mass is 35.5. The molecule has 0 aliphatic carbocycles. The van der Waals surface area contributed by atoms with Gasteiger partial charge < -0.3 is 15.8 Å². The van der Waals surface area contributed by atoms with E-state index in [1.807, 2.05) is 6.92 Å². The maximum absolute atomic E-state index is 12.3. The summed E-state index contributed by atoms with van der Waals surface area (Å²) in [6.07, 6.45) is 0.685. The number of anilines is 2. The van der Waals surface area contributed by atoms with E-state index < -0.39 is 10.0 Å². The standard InChI is InChI=1S/C18H23N3O4S.ClH/c1-4-12(2)21-26(23,24)15-8-5-13(6-9-15)18(22)20-14-7-10-17(25-3)16(19)11-14;/h5-12,21H,4,19H2,1-3H3,(H,20,22);1H. The Kier molecular flexibility index (Phi) is 8.08. The number of rotatable bonds is 7. The molecule has 0 saturated heterocycles. The lowest BCUT2D eigenvalue weighted by Crippen LogP contribution is -2.32. The highest BCUT2D eigenvalue weighted by Crippen LogP contribution is 2.25. The van der Waals surface area contributed by atoms with Gasteiger partial charge in [0, 0.05) is 17.3 Å². The van der Waals surface area contributed by atoms with Crippen LogP contribution in [0.1, 0.15) is 30.6 Å². The average molecular weight is 414 g/mol. The first-order valence-corrected chi connectivity index (χ1v) is 9.62. The Morgan fingerprint density at radius 1 is 1.19 bits per heavy atom. The number of hydrogen-bond donors (Lipinski definition) is 3. The molecule has 27 heavy (non-hydrogen) atoms. The van der Waals surface area contributed by atoms with Gasteiger partial charge in [0.15, 0.2) is 0 Å². The molecule has 1 amide bonds. The quantitative estimate of drug-likeness (QED) is 0.604. The van der Waals surface area contributed by atoms with E-state index in [4.69, 9.17) is 10.5 Å². The minimum absolute atomic E-state index is 0. The van der Waals surface area contributed by atoms with Crippen LogP contribution in [-0.2, 0) is 10.0 Å². The number of methoxy groups -OCH3 is 1. The van der Waals surface area contributed by atoms with Gasteiger partial charge in [0.2, 0.25) is 10.0 Å². The zero-order valence-electron chi connectivity index (χ0n) is 15.4. The summed E-state index contributed by atoms with van der Waals surface area (Å²) < 4.78 is 32.1. The van der Waals surface area contributed by atoms with Crippen LogP contribution in [0.25, 0.3) is 0 Å². The van der Waals surface area contributed by atoms with Crippen LogP contribution < -0.4 is 20.5 Å². The average Bonchev–Trinajstić information content (AvgIpc) is 2.61. The molecular formula is C18H24ClN3O4S. The lowest BCUT2D eigenvalue weighted by Gasteiger charge is -2.12. The number of halogens is 1. The molecule has 2 aromatic carbocycles. The molecule has 0 saturated carbocycles. The Morgan fingerprint density at radius 2 is 1.81 bits per heavy atom. The first kappa shape index (κ1) is 22.8. The molecule has 0 radical (unpaired) electrons. The summed E-state index contributed by atoms with van der Waals surface area (Å²) in [5.41, 5.74) is 7.07. The number of sulfonamides is 1. The maximum atomic E-state index is 12.3. The third kappa shape index (κ3) is 5.85. The van der Waals surface area contributed by atoms with E-state index in [1.54, 1.807) is 25.1 Å². The van der Waals surface area contributed by atoms with Crippen molar-refractivity contribution in [1.82, 2.24) is 4.72 Å². The molecule has 2 aromatic rings. The molecule has 2 rings (SSSR count). The Labute approximate surface area is 165 Å². The van der Waals surface area contributed by atoms with Crippen LogP contribution in [0.3, 0.4) is 0 Å². The molecule has 0 fully saturated rings. The largest absolute Gasteiger partial charge is 0.495 e. The molecule has 1 unspecified atom stereocenters. The van der Waals surface area contributed by atoms with Gasteiger partial charge in [-0.25, -0.2) is 13.1 Å². The van der Waals surface area contributed by atoms with Crippen LogP contribution in [0.15, 0.2) is 47.4 Å². The van der Waals surface area contributed by atoms with Crippen molar-refractivity contribution in [3.05, 3.63) is 48.0 Å². The number of hydrogen-bond acceptors (Lipinski definition) is 5. The second-order valence-corrected chi connectivity index (χ2v) is 7.58. The Balaban J connectivity index is 0.00000364. The van der Waals surface area contributed by atoms with Gasteiger partial charge >= 0.3 is 0 Å². The minimum atomic E-state index is -3.60. The summed E-state index contributed by atoms with van der Waals surface area (Å²) in [5.74, 6) is 0.153. The van der Waals surface area contributed by atoms with Crippen molar-refractivity contribution in [1.29, 1.82) is 0 Å². The van der Waals surface area contributed by atoms with E-state index >= 15 is 0 Å². The molecule has 0 aliphatic rings. The number of carbonyl (C=O) groups is 1. The van der Waals surface area contributed by atoms with E-state index in [2.05, 4.69) is 10.0 Å². The van der Waals surface area contributed by atoms with Crippen LogP contribution in [0.5, 0.6) is 5.75 Å². The van der Waals surface area contributed by atoms with Gasteiger partial charge in [0.25, 0.3) is 5.91 Å². The van der Waals surface area contributed by atoms with Gasteiger partial charge in [-0.2, -0.15) is 0 Å². The van der Waals surface area contributed by atoms with Crippen molar-refractivity contribution in [3.63, 3.8) is 0 Å². The zero-order valence-corrected chi connectivity index (χ0v) is 17.0. The highest BCUT2D eigenvalue weighted by molar-refractivity contribution is 7.89. The van der Waals surface area contributed by atoms with E-state index in [-0.39, 0.29) is 29.3 Å². The van der Waals surface area contributed by atoms with Crippen LogP contribution in [-0.4, -0.2) is 27.5 Å². The van der Waals surface area contributed by atoms with Crippen molar-refractivity contribution < 1.29 is 17.9 Å². The summed E-state index contributed by atoms with van der Waals surface area (Å²) >= 11 is 0. The number of amides is 1. The monoisotopic (exact) mass is 413 g/mol. The second-order valence-electron chi connectivity index (χ2n) is 5.87. The van der Waals surface area contributed by atoms with Gasteiger partial charge in [0.1, 0.15) is 5.75 Å². The molecule has 7 nitrogen and oxygen atoms in total. The van der Waals surface area contributed by atoms with Gasteiger partial charge in [-0.3, -0.25) is 4.79 Å². The zero-order chi connectivity index (χ0) is 19.3. The van der Waals surface area contributed by atoms with Crippen molar-refractivity contribution in [3.8, 4) is 5.75 Å². The van der Waals surface area contributed by atoms with Crippen LogP contribution in [0, 0.1) is 0 Å². The number of carbonyl (C=O) groups excluding carboxylic acids is 1. The minimum Gasteiger partial charge on any atom is -0.495 e. The fourth-order valence-corrected chi connectivity index (χ4v) is 3.54. The highest BCUT2D eigenvalue weighted by Gasteiger charge is 2.17. The molecule has 9 heteroatoms. The molecule has 0 spiro atoms. The SMILES string of the molecule is CCC(C)NS(=O)(=O)c1ccc(C(=O)Nc2ccc(OC)c(N)c2)cc1.Cl. The summed E-state index contributed by atoms with van der Waals surface area (Å²) in [7, 11) is -2.09. The normalized spacial score (nSPS) is 12.0.